The van der Waals surface area contributed by atoms with Crippen LogP contribution in [-0.4, -0.2) is 51.4 Å². The summed E-state index contributed by atoms with van der Waals surface area (Å²) in [4.78, 5) is 0. The van der Waals surface area contributed by atoms with Gasteiger partial charge in [-0.05, 0) is 13.8 Å². The Morgan fingerprint density at radius 1 is 1.00 bits per heavy atom. The zero-order valence-corrected chi connectivity index (χ0v) is 4.79. The van der Waals surface area contributed by atoms with E-state index < -0.39 is 0 Å². The fourth-order valence-electron chi connectivity index (χ4n) is 0.145. The average Bonchev–Trinajstić information content (AvgIpc) is 1.84. The second kappa shape index (κ2) is 6.07. The van der Waals surface area contributed by atoms with Crippen LogP contribution in [0.2, 0.25) is 0 Å². The van der Waals surface area contributed by atoms with Crippen molar-refractivity contribution < 1.29 is 10.4 Å². The zero-order valence-electron chi connectivity index (χ0n) is 4.79. The Morgan fingerprint density at radius 2 is 1.22 bits per heavy atom. The third kappa shape index (κ3) is 4.44. The van der Waals surface area contributed by atoms with E-state index in [-0.39, 0.29) is 29.6 Å². The van der Waals surface area contributed by atoms with Crippen molar-refractivity contribution >= 4 is 41.0 Å². The van der Waals surface area contributed by atoms with Crippen molar-refractivity contribution in [1.29, 1.82) is 0 Å². The Hall–Kier alpha value is -0.0600. The molecule has 0 aromatic rings. The van der Waals surface area contributed by atoms with Crippen LogP contribution in [0.25, 0.3) is 0 Å². The zero-order chi connectivity index (χ0) is 6.57. The monoisotopic (exact) mass is 140 g/mol. The number of oxime groups is 2. The minimum absolute atomic E-state index is 0. The fraction of sp³-hybridized carbons (Fsp3) is 0.500. The van der Waals surface area contributed by atoms with Gasteiger partial charge in [0.1, 0.15) is 11.4 Å². The Bertz CT molecular complexity index is 117. The van der Waals surface area contributed by atoms with Crippen LogP contribution in [0.5, 0.6) is 0 Å². The van der Waals surface area contributed by atoms with Crippen LogP contribution in [0.1, 0.15) is 13.8 Å². The molecule has 0 amide bonds. The summed E-state index contributed by atoms with van der Waals surface area (Å²) in [6.07, 6.45) is 0. The maximum absolute atomic E-state index is 8.03. The molecule has 0 unspecified atom stereocenters. The molecule has 9 heavy (non-hydrogen) atoms. The van der Waals surface area contributed by atoms with E-state index in [2.05, 4.69) is 10.3 Å². The van der Waals surface area contributed by atoms with E-state index in [4.69, 9.17) is 10.4 Å². The van der Waals surface area contributed by atoms with Crippen LogP contribution in [0.3, 0.4) is 0 Å². The summed E-state index contributed by atoms with van der Waals surface area (Å²) in [6, 6.07) is 0. The van der Waals surface area contributed by atoms with E-state index in [0.717, 1.165) is 0 Å². The van der Waals surface area contributed by atoms with Gasteiger partial charge in [-0.15, -0.1) is 0 Å². The van der Waals surface area contributed by atoms with Crippen molar-refractivity contribution in [3.8, 4) is 0 Å². The molecule has 5 heteroatoms. The van der Waals surface area contributed by atoms with Crippen molar-refractivity contribution in [2.45, 2.75) is 13.8 Å². The Kier molecular flexibility index (Phi) is 7.89. The summed E-state index contributed by atoms with van der Waals surface area (Å²) in [7, 11) is 0. The molecule has 0 saturated heterocycles. The van der Waals surface area contributed by atoms with Gasteiger partial charge in [0.15, 0.2) is 0 Å². The van der Waals surface area contributed by atoms with E-state index in [0.29, 0.717) is 11.4 Å². The maximum atomic E-state index is 8.03. The molecule has 0 aromatic carbocycles. The van der Waals surface area contributed by atoms with E-state index >= 15 is 0 Å². The molecular weight excluding hydrogens is 131 g/mol. The molecule has 0 fully saturated rings. The standard InChI is InChI=1S/C4H8N2O2.Na.H/c1-3(5-7)4(2)6-8;;/h7-8H,1-2H3;;/b5-3-,6-4-;;. The molecular formula is C4H9N2NaO2. The topological polar surface area (TPSA) is 65.2 Å². The summed E-state index contributed by atoms with van der Waals surface area (Å²) in [5.74, 6) is 0. The molecule has 0 aromatic heterocycles. The summed E-state index contributed by atoms with van der Waals surface area (Å²) >= 11 is 0. The van der Waals surface area contributed by atoms with Gasteiger partial charge >= 0.3 is 29.6 Å². The number of rotatable bonds is 1. The van der Waals surface area contributed by atoms with E-state index in [1.165, 1.54) is 13.8 Å². The van der Waals surface area contributed by atoms with Crippen LogP contribution >= 0.6 is 0 Å². The van der Waals surface area contributed by atoms with Crippen molar-refractivity contribution in [2.75, 3.05) is 0 Å². The second-order valence-electron chi connectivity index (χ2n) is 1.37. The van der Waals surface area contributed by atoms with Crippen LogP contribution < -0.4 is 0 Å². The molecule has 0 saturated carbocycles. The van der Waals surface area contributed by atoms with E-state index in [1.54, 1.807) is 0 Å². The van der Waals surface area contributed by atoms with Gasteiger partial charge in [-0.3, -0.25) is 0 Å². The van der Waals surface area contributed by atoms with Crippen LogP contribution in [0.15, 0.2) is 10.3 Å². The predicted octanol–water partition coefficient (Wildman–Crippen LogP) is 0.0381. The SMILES string of the molecule is CC(=N/O)/C(C)=N\O.[NaH]. The molecule has 0 rings (SSSR count). The van der Waals surface area contributed by atoms with Crippen molar-refractivity contribution in [3.63, 3.8) is 0 Å². The molecule has 0 aliphatic heterocycles. The molecule has 0 bridgehead atoms. The molecule has 4 nitrogen and oxygen atoms in total. The van der Waals surface area contributed by atoms with E-state index in [9.17, 15) is 0 Å². The summed E-state index contributed by atoms with van der Waals surface area (Å²) < 4.78 is 0. The first-order chi connectivity index (χ1) is 3.72. The Labute approximate surface area is 75.5 Å². The first kappa shape index (κ1) is 11.7. The quantitative estimate of drug-likeness (QED) is 0.234. The Balaban J connectivity index is 0. The fourth-order valence-corrected chi connectivity index (χ4v) is 0.145. The molecule has 0 atom stereocenters. The van der Waals surface area contributed by atoms with Gasteiger partial charge in [-0.25, -0.2) is 0 Å². The van der Waals surface area contributed by atoms with Crippen molar-refractivity contribution in [1.82, 2.24) is 0 Å². The van der Waals surface area contributed by atoms with Gasteiger partial charge in [-0.2, -0.15) is 0 Å². The first-order valence-corrected chi connectivity index (χ1v) is 2.10. The van der Waals surface area contributed by atoms with Gasteiger partial charge in [-0.1, -0.05) is 10.3 Å². The predicted molar refractivity (Wildman–Crippen MR) is 36.9 cm³/mol. The molecule has 48 valence electrons. The average molecular weight is 140 g/mol. The third-order valence-corrected chi connectivity index (χ3v) is 0.824. The van der Waals surface area contributed by atoms with Crippen molar-refractivity contribution in [2.24, 2.45) is 10.3 Å². The van der Waals surface area contributed by atoms with Crippen LogP contribution in [0.4, 0.5) is 0 Å². The van der Waals surface area contributed by atoms with Gasteiger partial charge in [0.2, 0.25) is 0 Å². The number of hydrogen-bond acceptors (Lipinski definition) is 4. The molecule has 0 radical (unpaired) electrons. The second-order valence-corrected chi connectivity index (χ2v) is 1.37. The van der Waals surface area contributed by atoms with Gasteiger partial charge in [0.25, 0.3) is 0 Å². The van der Waals surface area contributed by atoms with Gasteiger partial charge < -0.3 is 10.4 Å². The molecule has 0 heterocycles. The molecule has 2 N–H and O–H groups in total. The normalized spacial score (nSPS) is 12.7. The number of nitrogens with zero attached hydrogens (tertiary/aromatic N) is 2. The summed E-state index contributed by atoms with van der Waals surface area (Å²) in [5.41, 5.74) is 0.625. The molecule has 0 aliphatic rings. The van der Waals surface area contributed by atoms with Gasteiger partial charge in [0, 0.05) is 0 Å². The van der Waals surface area contributed by atoms with Crippen LogP contribution in [-0.2, 0) is 0 Å². The summed E-state index contributed by atoms with van der Waals surface area (Å²) in [6.45, 7) is 3.07. The minimum atomic E-state index is 0. The molecule has 0 spiro atoms. The summed E-state index contributed by atoms with van der Waals surface area (Å²) in [5, 5.41) is 21.6. The number of hydrogen-bond donors (Lipinski definition) is 2. The molecule has 0 aliphatic carbocycles. The van der Waals surface area contributed by atoms with Crippen LogP contribution in [0, 0.1) is 0 Å². The van der Waals surface area contributed by atoms with Crippen molar-refractivity contribution in [3.05, 3.63) is 0 Å². The third-order valence-electron chi connectivity index (χ3n) is 0.824. The van der Waals surface area contributed by atoms with E-state index in [1.807, 2.05) is 0 Å². The van der Waals surface area contributed by atoms with Gasteiger partial charge in [0.05, 0.1) is 0 Å². The first-order valence-electron chi connectivity index (χ1n) is 2.10. The Morgan fingerprint density at radius 3 is 1.33 bits per heavy atom.